The summed E-state index contributed by atoms with van der Waals surface area (Å²) in [6, 6.07) is 0. The largest absolute Gasteiger partial charge is 0.469 e. The van der Waals surface area contributed by atoms with E-state index in [0.29, 0.717) is 12.8 Å². The van der Waals surface area contributed by atoms with Crippen molar-refractivity contribution in [3.8, 4) is 0 Å². The lowest BCUT2D eigenvalue weighted by molar-refractivity contribution is -0.146. The van der Waals surface area contributed by atoms with Crippen molar-refractivity contribution in [1.82, 2.24) is 0 Å². The van der Waals surface area contributed by atoms with Gasteiger partial charge in [0.1, 0.15) is 6.29 Å². The molecule has 1 aliphatic carbocycles. The summed E-state index contributed by atoms with van der Waals surface area (Å²) in [6.07, 6.45) is 4.45. The highest BCUT2D eigenvalue weighted by Gasteiger charge is 2.37. The summed E-state index contributed by atoms with van der Waals surface area (Å²) in [5, 5.41) is 0. The van der Waals surface area contributed by atoms with E-state index in [9.17, 15) is 9.59 Å². The second kappa shape index (κ2) is 5.26. The van der Waals surface area contributed by atoms with Gasteiger partial charge in [0.25, 0.3) is 0 Å². The molecule has 0 aromatic carbocycles. The SMILES string of the molecule is COC(=O)CC1(C=O)CCC(OC)CC1. The van der Waals surface area contributed by atoms with E-state index in [0.717, 1.165) is 19.1 Å². The molecule has 4 nitrogen and oxygen atoms in total. The van der Waals surface area contributed by atoms with Gasteiger partial charge in [-0.25, -0.2) is 0 Å². The van der Waals surface area contributed by atoms with Crippen molar-refractivity contribution < 1.29 is 19.1 Å². The Hall–Kier alpha value is -0.900. The van der Waals surface area contributed by atoms with Crippen LogP contribution in [0.2, 0.25) is 0 Å². The van der Waals surface area contributed by atoms with Gasteiger partial charge in [0.05, 0.1) is 19.6 Å². The Morgan fingerprint density at radius 3 is 2.40 bits per heavy atom. The molecule has 0 radical (unpaired) electrons. The lowest BCUT2D eigenvalue weighted by Gasteiger charge is -2.34. The predicted molar refractivity (Wildman–Crippen MR) is 54.4 cm³/mol. The van der Waals surface area contributed by atoms with E-state index in [2.05, 4.69) is 4.74 Å². The van der Waals surface area contributed by atoms with Gasteiger partial charge in [0, 0.05) is 12.5 Å². The van der Waals surface area contributed by atoms with Crippen LogP contribution in [0.3, 0.4) is 0 Å². The average Bonchev–Trinajstić information content (AvgIpc) is 2.30. The lowest BCUT2D eigenvalue weighted by atomic mass is 9.72. The molecule has 0 aromatic rings. The fourth-order valence-electron chi connectivity index (χ4n) is 2.10. The first-order valence-electron chi connectivity index (χ1n) is 5.22. The van der Waals surface area contributed by atoms with E-state index in [1.807, 2.05) is 0 Å². The Kier molecular flexibility index (Phi) is 4.27. The van der Waals surface area contributed by atoms with E-state index in [4.69, 9.17) is 4.74 Å². The molecule has 1 saturated carbocycles. The molecule has 0 aliphatic heterocycles. The first-order valence-corrected chi connectivity index (χ1v) is 5.22. The number of methoxy groups -OCH3 is 2. The Morgan fingerprint density at radius 2 is 2.00 bits per heavy atom. The van der Waals surface area contributed by atoms with Gasteiger partial charge in [-0.15, -0.1) is 0 Å². The van der Waals surface area contributed by atoms with E-state index in [1.165, 1.54) is 7.11 Å². The fraction of sp³-hybridized carbons (Fsp3) is 0.818. The van der Waals surface area contributed by atoms with Crippen molar-refractivity contribution in [1.29, 1.82) is 0 Å². The number of hydrogen-bond acceptors (Lipinski definition) is 4. The molecule has 1 fully saturated rings. The summed E-state index contributed by atoms with van der Waals surface area (Å²) in [6.45, 7) is 0. The molecule has 0 spiro atoms. The van der Waals surface area contributed by atoms with Crippen LogP contribution in [0.15, 0.2) is 0 Å². The minimum Gasteiger partial charge on any atom is -0.469 e. The molecule has 0 aromatic heterocycles. The first kappa shape index (κ1) is 12.2. The maximum absolute atomic E-state index is 11.2. The van der Waals surface area contributed by atoms with Crippen LogP contribution in [0.25, 0.3) is 0 Å². The minimum atomic E-state index is -0.512. The van der Waals surface area contributed by atoms with E-state index in [-0.39, 0.29) is 18.5 Å². The number of carbonyl (C=O) groups excluding carboxylic acids is 2. The number of hydrogen-bond donors (Lipinski definition) is 0. The molecule has 0 atom stereocenters. The highest BCUT2D eigenvalue weighted by molar-refractivity contribution is 5.76. The Balaban J connectivity index is 2.56. The summed E-state index contributed by atoms with van der Waals surface area (Å²) < 4.78 is 9.83. The van der Waals surface area contributed by atoms with Crippen molar-refractivity contribution in [2.75, 3.05) is 14.2 Å². The van der Waals surface area contributed by atoms with Crippen molar-refractivity contribution in [3.05, 3.63) is 0 Å². The average molecular weight is 214 g/mol. The van der Waals surface area contributed by atoms with Gasteiger partial charge in [0.2, 0.25) is 0 Å². The third-order valence-corrected chi connectivity index (χ3v) is 3.24. The zero-order chi connectivity index (χ0) is 11.3. The van der Waals surface area contributed by atoms with Crippen molar-refractivity contribution >= 4 is 12.3 Å². The van der Waals surface area contributed by atoms with Crippen molar-refractivity contribution in [3.63, 3.8) is 0 Å². The zero-order valence-corrected chi connectivity index (χ0v) is 9.32. The van der Waals surface area contributed by atoms with Crippen LogP contribution in [0.4, 0.5) is 0 Å². The van der Waals surface area contributed by atoms with Gasteiger partial charge in [-0.1, -0.05) is 0 Å². The topological polar surface area (TPSA) is 52.6 Å². The lowest BCUT2D eigenvalue weighted by Crippen LogP contribution is -2.34. The molecule has 0 N–H and O–H groups in total. The van der Waals surface area contributed by atoms with Gasteiger partial charge in [0.15, 0.2) is 0 Å². The molecule has 0 unspecified atom stereocenters. The maximum atomic E-state index is 11.2. The van der Waals surface area contributed by atoms with Crippen LogP contribution in [-0.2, 0) is 19.1 Å². The summed E-state index contributed by atoms with van der Waals surface area (Å²) >= 11 is 0. The summed E-state index contributed by atoms with van der Waals surface area (Å²) in [5.74, 6) is -0.307. The maximum Gasteiger partial charge on any atom is 0.306 e. The molecule has 0 saturated heterocycles. The molecule has 15 heavy (non-hydrogen) atoms. The van der Waals surface area contributed by atoms with Crippen LogP contribution in [0, 0.1) is 5.41 Å². The van der Waals surface area contributed by atoms with Crippen LogP contribution in [0.5, 0.6) is 0 Å². The third-order valence-electron chi connectivity index (χ3n) is 3.24. The molecule has 1 rings (SSSR count). The third kappa shape index (κ3) is 3.02. The molecular weight excluding hydrogens is 196 g/mol. The van der Waals surface area contributed by atoms with Crippen LogP contribution in [-0.4, -0.2) is 32.6 Å². The van der Waals surface area contributed by atoms with Gasteiger partial charge >= 0.3 is 5.97 Å². The van der Waals surface area contributed by atoms with E-state index < -0.39 is 5.41 Å². The number of rotatable bonds is 4. The molecule has 0 amide bonds. The second-order valence-corrected chi connectivity index (χ2v) is 4.17. The Labute approximate surface area is 89.9 Å². The molecule has 86 valence electrons. The quantitative estimate of drug-likeness (QED) is 0.523. The minimum absolute atomic E-state index is 0.198. The Bertz CT molecular complexity index is 229. The van der Waals surface area contributed by atoms with Crippen LogP contribution >= 0.6 is 0 Å². The standard InChI is InChI=1S/C11H18O4/c1-14-9-3-5-11(8-12,6-4-9)7-10(13)15-2/h8-9H,3-7H2,1-2H3. The van der Waals surface area contributed by atoms with Gasteiger partial charge in [-0.05, 0) is 25.7 Å². The monoisotopic (exact) mass is 214 g/mol. The highest BCUT2D eigenvalue weighted by Crippen LogP contribution is 2.38. The zero-order valence-electron chi connectivity index (χ0n) is 9.32. The van der Waals surface area contributed by atoms with E-state index >= 15 is 0 Å². The predicted octanol–water partition coefficient (Wildman–Crippen LogP) is 1.32. The van der Waals surface area contributed by atoms with E-state index in [1.54, 1.807) is 7.11 Å². The fourth-order valence-corrected chi connectivity index (χ4v) is 2.10. The molecule has 0 heterocycles. The summed E-state index contributed by atoms with van der Waals surface area (Å²) in [5.41, 5.74) is -0.512. The number of ether oxygens (including phenoxy) is 2. The van der Waals surface area contributed by atoms with Crippen LogP contribution < -0.4 is 0 Å². The summed E-state index contributed by atoms with van der Waals surface area (Å²) in [4.78, 5) is 22.3. The van der Waals surface area contributed by atoms with Gasteiger partial charge < -0.3 is 14.3 Å². The first-order chi connectivity index (χ1) is 7.15. The molecule has 0 bridgehead atoms. The van der Waals surface area contributed by atoms with Crippen molar-refractivity contribution in [2.45, 2.75) is 38.2 Å². The smallest absolute Gasteiger partial charge is 0.306 e. The Morgan fingerprint density at radius 1 is 1.40 bits per heavy atom. The van der Waals surface area contributed by atoms with Crippen LogP contribution in [0.1, 0.15) is 32.1 Å². The highest BCUT2D eigenvalue weighted by atomic mass is 16.5. The summed E-state index contributed by atoms with van der Waals surface area (Å²) in [7, 11) is 3.03. The number of aldehydes is 1. The van der Waals surface area contributed by atoms with Crippen molar-refractivity contribution in [2.24, 2.45) is 5.41 Å². The number of carbonyl (C=O) groups is 2. The second-order valence-electron chi connectivity index (χ2n) is 4.17. The van der Waals surface area contributed by atoms with Gasteiger partial charge in [-0.2, -0.15) is 0 Å². The molecule has 4 heteroatoms. The normalized spacial score (nSPS) is 30.9. The molecule has 1 aliphatic rings. The molecular formula is C11H18O4. The number of esters is 1. The van der Waals surface area contributed by atoms with Gasteiger partial charge in [-0.3, -0.25) is 4.79 Å².